The fourth-order valence-corrected chi connectivity index (χ4v) is 8.16. The van der Waals surface area contributed by atoms with Crippen LogP contribution in [0.3, 0.4) is 0 Å². The molecule has 5 N–H and O–H groups in total. The number of hydrogen-bond acceptors (Lipinski definition) is 8. The van der Waals surface area contributed by atoms with Crippen LogP contribution < -0.4 is 21.3 Å². The highest BCUT2D eigenvalue weighted by molar-refractivity contribution is 6.38. The fraction of sp³-hybridized carbons (Fsp3) is 0.722. The zero-order chi connectivity index (χ0) is 36.6. The molecular weight excluding hydrogens is 640 g/mol. The first-order valence-electron chi connectivity index (χ1n) is 18.0. The number of H-pyrrole nitrogens is 1. The van der Waals surface area contributed by atoms with Crippen LogP contribution >= 0.6 is 0 Å². The topological polar surface area (TPSA) is 195 Å². The zero-order valence-corrected chi connectivity index (χ0v) is 30.3. The van der Waals surface area contributed by atoms with Crippen molar-refractivity contribution in [3.8, 4) is 0 Å². The summed E-state index contributed by atoms with van der Waals surface area (Å²) in [7, 11) is 0. The maximum Gasteiger partial charge on any atom is 0.289 e. The molecule has 0 spiro atoms. The summed E-state index contributed by atoms with van der Waals surface area (Å²) < 4.78 is 0. The Hall–Kier alpha value is -4.10. The molecule has 1 saturated heterocycles. The number of likely N-dealkylation sites (tertiary alicyclic amines) is 1. The minimum atomic E-state index is -1.03. The largest absolute Gasteiger partial charge is 0.346 e. The van der Waals surface area contributed by atoms with Gasteiger partial charge in [0.15, 0.2) is 0 Å². The number of nitrogens with one attached hydrogen (secondary N) is 5. The lowest BCUT2D eigenvalue weighted by molar-refractivity contribution is -0.147. The number of carbonyl (C=O) groups is 6. The van der Waals surface area contributed by atoms with Gasteiger partial charge in [-0.1, -0.05) is 79.7 Å². The van der Waals surface area contributed by atoms with Crippen molar-refractivity contribution in [3.63, 3.8) is 0 Å². The second-order valence-electron chi connectivity index (χ2n) is 16.8. The number of fused-ring (bicyclic) bond motifs is 1. The molecule has 14 heteroatoms. The fourth-order valence-electron chi connectivity index (χ4n) is 8.16. The summed E-state index contributed by atoms with van der Waals surface area (Å²) in [6.07, 6.45) is 9.17. The third kappa shape index (κ3) is 7.78. The molecule has 3 aliphatic carbocycles. The van der Waals surface area contributed by atoms with Crippen molar-refractivity contribution in [2.75, 3.05) is 13.1 Å². The van der Waals surface area contributed by atoms with Gasteiger partial charge in [0, 0.05) is 13.1 Å². The number of aromatic nitrogens is 3. The van der Waals surface area contributed by atoms with E-state index in [0.717, 1.165) is 44.9 Å². The second kappa shape index (κ2) is 14.3. The minimum Gasteiger partial charge on any atom is -0.346 e. The molecule has 4 aliphatic rings. The third-order valence-electron chi connectivity index (χ3n) is 11.5. The van der Waals surface area contributed by atoms with Crippen LogP contribution in [0.15, 0.2) is 19.0 Å². The van der Waals surface area contributed by atoms with E-state index in [1.165, 1.54) is 12.4 Å². The molecule has 274 valence electrons. The molecule has 1 aromatic rings. The van der Waals surface area contributed by atoms with E-state index in [0.29, 0.717) is 13.0 Å². The Kier molecular flexibility index (Phi) is 10.6. The van der Waals surface area contributed by atoms with Crippen molar-refractivity contribution in [2.24, 2.45) is 34.0 Å². The number of hydrogen-bond donors (Lipinski definition) is 5. The normalized spacial score (nSPS) is 25.2. The van der Waals surface area contributed by atoms with Crippen molar-refractivity contribution in [1.82, 2.24) is 41.3 Å². The van der Waals surface area contributed by atoms with E-state index in [1.54, 1.807) is 4.90 Å². The zero-order valence-electron chi connectivity index (χ0n) is 30.3. The predicted molar refractivity (Wildman–Crippen MR) is 184 cm³/mol. The summed E-state index contributed by atoms with van der Waals surface area (Å²) in [5.74, 6) is -3.30. The smallest absolute Gasteiger partial charge is 0.289 e. The van der Waals surface area contributed by atoms with Crippen molar-refractivity contribution in [3.05, 3.63) is 24.8 Å². The van der Waals surface area contributed by atoms with Crippen LogP contribution in [-0.4, -0.2) is 92.7 Å². The standard InChI is InChI=1S/C36H54N8O6/c1-8-16-37-30(47)25(45)22(17-20-12-13-20)40-29(46)24-23-21(35(23,5)6)18-44(24)33(50)27(34(2,3)4)42-31(48)26(36(7)14-10-9-11-15-36)41-32(49)28-38-19-39-43-28/h8,19-24,26-27H,1,9-18H2,2-7H3,(H,37,47)(H,40,46)(H,41,49)(H,42,48)(H,38,39,43)/t21?,22?,23?,24-,26+,27+/m0/s1. The van der Waals surface area contributed by atoms with Crippen LogP contribution in [0, 0.1) is 34.0 Å². The highest BCUT2D eigenvalue weighted by Crippen LogP contribution is 2.65. The molecule has 1 aliphatic heterocycles. The molecule has 50 heavy (non-hydrogen) atoms. The van der Waals surface area contributed by atoms with Gasteiger partial charge in [-0.05, 0) is 53.3 Å². The van der Waals surface area contributed by atoms with Crippen LogP contribution in [-0.2, 0) is 24.0 Å². The molecule has 3 saturated carbocycles. The number of nitrogens with zero attached hydrogens (tertiary/aromatic N) is 3. The van der Waals surface area contributed by atoms with E-state index in [-0.39, 0.29) is 35.5 Å². The maximum absolute atomic E-state index is 14.6. The lowest BCUT2D eigenvalue weighted by atomic mass is 9.70. The Morgan fingerprint density at radius 3 is 2.30 bits per heavy atom. The maximum atomic E-state index is 14.6. The number of amides is 5. The monoisotopic (exact) mass is 694 g/mol. The molecule has 1 aromatic heterocycles. The molecule has 0 bridgehead atoms. The van der Waals surface area contributed by atoms with E-state index < -0.39 is 70.3 Å². The Morgan fingerprint density at radius 1 is 1.04 bits per heavy atom. The van der Waals surface area contributed by atoms with Gasteiger partial charge in [0.25, 0.3) is 11.8 Å². The molecule has 14 nitrogen and oxygen atoms in total. The molecule has 0 aromatic carbocycles. The van der Waals surface area contributed by atoms with Gasteiger partial charge >= 0.3 is 0 Å². The van der Waals surface area contributed by atoms with Gasteiger partial charge in [0.2, 0.25) is 29.3 Å². The number of Topliss-reactive ketones (excluding diaryl/α,β-unsaturated/α-hetero) is 1. The molecule has 2 heterocycles. The predicted octanol–water partition coefficient (Wildman–Crippen LogP) is 2.04. The Morgan fingerprint density at radius 2 is 1.72 bits per heavy atom. The van der Waals surface area contributed by atoms with Crippen molar-refractivity contribution in [2.45, 2.75) is 117 Å². The van der Waals surface area contributed by atoms with Crippen LogP contribution in [0.5, 0.6) is 0 Å². The first-order chi connectivity index (χ1) is 23.5. The Balaban J connectivity index is 1.38. The van der Waals surface area contributed by atoms with Gasteiger partial charge in [-0.2, -0.15) is 5.10 Å². The number of carbonyl (C=O) groups excluding carboxylic acids is 6. The second-order valence-corrected chi connectivity index (χ2v) is 16.8. The van der Waals surface area contributed by atoms with E-state index in [4.69, 9.17) is 0 Å². The molecule has 4 fully saturated rings. The van der Waals surface area contributed by atoms with Gasteiger partial charge in [-0.25, -0.2) is 4.98 Å². The molecule has 0 radical (unpaired) electrons. The molecule has 5 rings (SSSR count). The van der Waals surface area contributed by atoms with Crippen molar-refractivity contribution >= 4 is 35.3 Å². The van der Waals surface area contributed by atoms with Gasteiger partial charge in [-0.3, -0.25) is 33.9 Å². The quantitative estimate of drug-likeness (QED) is 0.144. The third-order valence-corrected chi connectivity index (χ3v) is 11.5. The van der Waals surface area contributed by atoms with E-state index in [9.17, 15) is 28.8 Å². The van der Waals surface area contributed by atoms with Crippen molar-refractivity contribution in [1.29, 1.82) is 0 Å². The SMILES string of the molecule is C=CCNC(=O)C(=O)C(CC1CC1)NC(=O)[C@@H]1C2C(CN1C(=O)[C@@H](NC(=O)[C@@H](NC(=O)c1ncn[nH]1)C1(C)CCCCC1)C(C)(C)C)C2(C)C. The van der Waals surface area contributed by atoms with Crippen molar-refractivity contribution < 1.29 is 28.8 Å². The Labute approximate surface area is 294 Å². The summed E-state index contributed by atoms with van der Waals surface area (Å²) in [6.45, 7) is 15.7. The summed E-state index contributed by atoms with van der Waals surface area (Å²) in [5, 5.41) is 17.6. The first kappa shape index (κ1) is 37.2. The molecule has 6 atom stereocenters. The average Bonchev–Trinajstić information content (AvgIpc) is 3.75. The van der Waals surface area contributed by atoms with Crippen LogP contribution in [0.4, 0.5) is 0 Å². The summed E-state index contributed by atoms with van der Waals surface area (Å²) >= 11 is 0. The molecular formula is C36H54N8O6. The lowest BCUT2D eigenvalue weighted by Gasteiger charge is -2.42. The van der Waals surface area contributed by atoms with E-state index >= 15 is 0 Å². The van der Waals surface area contributed by atoms with Gasteiger partial charge in [0.1, 0.15) is 24.5 Å². The van der Waals surface area contributed by atoms with Gasteiger partial charge < -0.3 is 26.2 Å². The lowest BCUT2D eigenvalue weighted by Crippen LogP contribution is -2.64. The summed E-state index contributed by atoms with van der Waals surface area (Å²) in [4.78, 5) is 87.5. The highest BCUT2D eigenvalue weighted by Gasteiger charge is 2.70. The summed E-state index contributed by atoms with van der Waals surface area (Å²) in [5.41, 5.74) is -1.54. The van der Waals surface area contributed by atoms with Crippen LogP contribution in [0.25, 0.3) is 0 Å². The van der Waals surface area contributed by atoms with E-state index in [2.05, 4.69) is 56.9 Å². The number of rotatable bonds is 14. The molecule has 5 amide bonds. The minimum absolute atomic E-state index is 0.0184. The Bertz CT molecular complexity index is 1490. The average molecular weight is 695 g/mol. The number of aromatic amines is 1. The van der Waals surface area contributed by atoms with E-state index in [1.807, 2.05) is 27.7 Å². The van der Waals surface area contributed by atoms with Crippen LogP contribution in [0.2, 0.25) is 0 Å². The highest BCUT2D eigenvalue weighted by atomic mass is 16.2. The first-order valence-corrected chi connectivity index (χ1v) is 18.0. The van der Waals surface area contributed by atoms with Gasteiger partial charge in [-0.15, -0.1) is 6.58 Å². The number of ketones is 1. The van der Waals surface area contributed by atoms with Crippen LogP contribution in [0.1, 0.15) is 104 Å². The van der Waals surface area contributed by atoms with Gasteiger partial charge in [0.05, 0.1) is 6.04 Å². The summed E-state index contributed by atoms with van der Waals surface area (Å²) in [6, 6.07) is -3.88. The number of piperidine rings is 1. The molecule has 3 unspecified atom stereocenters.